The Kier molecular flexibility index (Phi) is 5.35. The first-order valence-corrected chi connectivity index (χ1v) is 9.97. The van der Waals surface area contributed by atoms with Crippen molar-refractivity contribution in [3.05, 3.63) is 77.1 Å². The van der Waals surface area contributed by atoms with Gasteiger partial charge in [-0.15, -0.1) is 5.10 Å². The zero-order valence-electron chi connectivity index (χ0n) is 17.2. The molecule has 2 heterocycles. The lowest BCUT2D eigenvalue weighted by Crippen LogP contribution is -2.20. The molecule has 1 aliphatic rings. The maximum atomic E-state index is 13.5. The number of fused-ring (bicyclic) bond motifs is 1. The maximum absolute atomic E-state index is 13.5. The minimum atomic E-state index is -0.295. The molecule has 0 fully saturated rings. The summed E-state index contributed by atoms with van der Waals surface area (Å²) in [5, 5.41) is 10.6. The molecule has 0 spiro atoms. The van der Waals surface area contributed by atoms with Gasteiger partial charge >= 0.3 is 0 Å². The molecule has 4 rings (SSSR count). The number of carbonyl (C=O) groups is 1. The van der Waals surface area contributed by atoms with Gasteiger partial charge in [0.25, 0.3) is 5.95 Å². The molecule has 154 valence electrons. The first-order chi connectivity index (χ1) is 14.4. The Morgan fingerprint density at radius 3 is 2.53 bits per heavy atom. The third-order valence-corrected chi connectivity index (χ3v) is 4.88. The molecule has 6 nitrogen and oxygen atoms in total. The van der Waals surface area contributed by atoms with E-state index in [1.165, 1.54) is 17.7 Å². The highest BCUT2D eigenvalue weighted by Gasteiger charge is 2.26. The lowest BCUT2D eigenvalue weighted by Gasteiger charge is -2.24. The molecule has 3 aromatic rings. The van der Waals surface area contributed by atoms with Gasteiger partial charge in [-0.1, -0.05) is 55.8 Å². The second-order valence-corrected chi connectivity index (χ2v) is 7.92. The maximum Gasteiger partial charge on any atom is 0.250 e. The lowest BCUT2D eigenvalue weighted by atomic mass is 10.0. The SMILES string of the molecule is Cc1ccc(C2=CC(c3ccc(F)cc3)n3nc(NC(=O)CC(C)C)nc3N2)cc1. The Balaban J connectivity index is 1.71. The molecule has 0 saturated heterocycles. The van der Waals surface area contributed by atoms with Crippen LogP contribution in [-0.2, 0) is 4.79 Å². The summed E-state index contributed by atoms with van der Waals surface area (Å²) in [6.07, 6.45) is 2.42. The average molecular weight is 405 g/mol. The summed E-state index contributed by atoms with van der Waals surface area (Å²) in [6, 6.07) is 14.2. The number of aryl methyl sites for hydroxylation is 1. The molecule has 0 aliphatic carbocycles. The highest BCUT2D eigenvalue weighted by molar-refractivity contribution is 5.89. The number of halogens is 1. The third-order valence-electron chi connectivity index (χ3n) is 4.88. The van der Waals surface area contributed by atoms with Crippen LogP contribution >= 0.6 is 0 Å². The van der Waals surface area contributed by atoms with Crippen molar-refractivity contribution in [1.29, 1.82) is 0 Å². The number of aromatic nitrogens is 3. The molecule has 1 unspecified atom stereocenters. The van der Waals surface area contributed by atoms with E-state index < -0.39 is 0 Å². The fraction of sp³-hybridized carbons (Fsp3) is 0.261. The number of carbonyl (C=O) groups excluding carboxylic acids is 1. The summed E-state index contributed by atoms with van der Waals surface area (Å²) in [5.74, 6) is 0.576. The van der Waals surface area contributed by atoms with Gasteiger partial charge in [0.1, 0.15) is 11.9 Å². The van der Waals surface area contributed by atoms with Gasteiger partial charge in [-0.25, -0.2) is 9.07 Å². The second kappa shape index (κ2) is 8.10. The lowest BCUT2D eigenvalue weighted by molar-refractivity contribution is -0.116. The molecule has 0 bridgehead atoms. The van der Waals surface area contributed by atoms with Crippen molar-refractivity contribution in [2.75, 3.05) is 10.6 Å². The van der Waals surface area contributed by atoms with Gasteiger partial charge in [0.2, 0.25) is 11.9 Å². The van der Waals surface area contributed by atoms with Crippen LogP contribution in [0.3, 0.4) is 0 Å². The Bertz CT molecular complexity index is 1080. The van der Waals surface area contributed by atoms with Gasteiger partial charge in [0.05, 0.1) is 0 Å². The molecule has 7 heteroatoms. The smallest absolute Gasteiger partial charge is 0.250 e. The topological polar surface area (TPSA) is 71.8 Å². The molecule has 2 aromatic carbocycles. The normalized spacial score (nSPS) is 15.4. The minimum absolute atomic E-state index is 0.127. The van der Waals surface area contributed by atoms with Gasteiger partial charge in [-0.3, -0.25) is 10.1 Å². The van der Waals surface area contributed by atoms with E-state index in [2.05, 4.69) is 20.7 Å². The first-order valence-electron chi connectivity index (χ1n) is 9.97. The van der Waals surface area contributed by atoms with Gasteiger partial charge in [-0.2, -0.15) is 4.98 Å². The molecule has 1 amide bonds. The number of hydrogen-bond donors (Lipinski definition) is 2. The second-order valence-electron chi connectivity index (χ2n) is 7.92. The van der Waals surface area contributed by atoms with E-state index in [0.717, 1.165) is 16.8 Å². The van der Waals surface area contributed by atoms with Crippen LogP contribution in [-0.4, -0.2) is 20.7 Å². The van der Waals surface area contributed by atoms with E-state index in [1.807, 2.05) is 51.1 Å². The van der Waals surface area contributed by atoms with Crippen LogP contribution in [0.5, 0.6) is 0 Å². The quantitative estimate of drug-likeness (QED) is 0.642. The summed E-state index contributed by atoms with van der Waals surface area (Å²) >= 11 is 0. The molecule has 1 aliphatic heterocycles. The van der Waals surface area contributed by atoms with E-state index in [0.29, 0.717) is 12.4 Å². The van der Waals surface area contributed by atoms with Crippen molar-refractivity contribution in [3.63, 3.8) is 0 Å². The summed E-state index contributed by atoms with van der Waals surface area (Å²) in [7, 11) is 0. The summed E-state index contributed by atoms with van der Waals surface area (Å²) < 4.78 is 15.2. The Morgan fingerprint density at radius 2 is 1.87 bits per heavy atom. The molecule has 0 saturated carbocycles. The van der Waals surface area contributed by atoms with Crippen LogP contribution in [0.1, 0.15) is 43.0 Å². The Labute approximate surface area is 174 Å². The number of nitrogens with one attached hydrogen (secondary N) is 2. The average Bonchev–Trinajstić information content (AvgIpc) is 3.10. The van der Waals surface area contributed by atoms with Crippen molar-refractivity contribution in [2.45, 2.75) is 33.2 Å². The number of hydrogen-bond acceptors (Lipinski definition) is 4. The molecule has 1 atom stereocenters. The fourth-order valence-corrected chi connectivity index (χ4v) is 3.39. The highest BCUT2D eigenvalue weighted by Crippen LogP contribution is 2.33. The third kappa shape index (κ3) is 4.25. The van der Waals surface area contributed by atoms with E-state index >= 15 is 0 Å². The van der Waals surface area contributed by atoms with E-state index in [1.54, 1.807) is 16.8 Å². The number of rotatable bonds is 5. The van der Waals surface area contributed by atoms with Crippen molar-refractivity contribution < 1.29 is 9.18 Å². The van der Waals surface area contributed by atoms with Gasteiger partial charge < -0.3 is 5.32 Å². The standard InChI is InChI=1S/C23H24FN5O/c1-14(2)12-21(30)26-22-27-23-25-19(16-6-4-15(3)5-7-16)13-20(29(23)28-22)17-8-10-18(24)11-9-17/h4-11,13-14,20H,12H2,1-3H3,(H2,25,26,27,28,30). The summed E-state index contributed by atoms with van der Waals surface area (Å²) in [4.78, 5) is 16.6. The Morgan fingerprint density at radius 1 is 1.17 bits per heavy atom. The highest BCUT2D eigenvalue weighted by atomic mass is 19.1. The zero-order valence-corrected chi connectivity index (χ0v) is 17.2. The minimum Gasteiger partial charge on any atom is -0.324 e. The Hall–Kier alpha value is -3.48. The molecule has 0 radical (unpaired) electrons. The summed E-state index contributed by atoms with van der Waals surface area (Å²) in [6.45, 7) is 6.00. The monoisotopic (exact) mass is 405 g/mol. The molecule has 30 heavy (non-hydrogen) atoms. The fourth-order valence-electron chi connectivity index (χ4n) is 3.39. The predicted molar refractivity (Wildman–Crippen MR) is 115 cm³/mol. The van der Waals surface area contributed by atoms with Crippen LogP contribution in [0, 0.1) is 18.7 Å². The summed E-state index contributed by atoms with van der Waals surface area (Å²) in [5.41, 5.74) is 3.92. The van der Waals surface area contributed by atoms with Gasteiger partial charge in [-0.05, 0) is 42.2 Å². The number of amides is 1. The van der Waals surface area contributed by atoms with Gasteiger partial charge in [0, 0.05) is 12.1 Å². The van der Waals surface area contributed by atoms with Crippen molar-refractivity contribution in [1.82, 2.24) is 14.8 Å². The van der Waals surface area contributed by atoms with Crippen LogP contribution in [0.4, 0.5) is 16.3 Å². The number of benzene rings is 2. The molecular weight excluding hydrogens is 381 g/mol. The van der Waals surface area contributed by atoms with Crippen molar-refractivity contribution in [2.24, 2.45) is 5.92 Å². The predicted octanol–water partition coefficient (Wildman–Crippen LogP) is 4.77. The van der Waals surface area contributed by atoms with Crippen LogP contribution in [0.25, 0.3) is 5.70 Å². The van der Waals surface area contributed by atoms with E-state index in [-0.39, 0.29) is 29.6 Å². The van der Waals surface area contributed by atoms with Crippen LogP contribution in [0.2, 0.25) is 0 Å². The van der Waals surface area contributed by atoms with Crippen molar-refractivity contribution in [3.8, 4) is 0 Å². The molecule has 1 aromatic heterocycles. The number of nitrogens with zero attached hydrogens (tertiary/aromatic N) is 3. The van der Waals surface area contributed by atoms with Crippen LogP contribution < -0.4 is 10.6 Å². The number of anilines is 2. The first kappa shape index (κ1) is 19.8. The van der Waals surface area contributed by atoms with E-state index in [4.69, 9.17) is 0 Å². The van der Waals surface area contributed by atoms with E-state index in [9.17, 15) is 9.18 Å². The molecule has 2 N–H and O–H groups in total. The van der Waals surface area contributed by atoms with Crippen LogP contribution in [0.15, 0.2) is 54.6 Å². The number of allylic oxidation sites excluding steroid dienone is 1. The molecular formula is C23H24FN5O. The van der Waals surface area contributed by atoms with Gasteiger partial charge in [0.15, 0.2) is 0 Å². The largest absolute Gasteiger partial charge is 0.324 e. The zero-order chi connectivity index (χ0) is 21.3. The van der Waals surface area contributed by atoms with Crippen molar-refractivity contribution >= 4 is 23.5 Å².